The molecule has 0 aliphatic carbocycles. The SMILES string of the molecule is COc1ccc(CNC(=O)c2cc(Cn3cc(O)n(-c4ccc(S(=O)(=O)C(F)(F)F)cc4)c3=O)ccn2)cc1. The Bertz CT molecular complexity index is 1660. The van der Waals surface area contributed by atoms with Crippen molar-refractivity contribution in [1.29, 1.82) is 0 Å². The number of sulfone groups is 1. The number of amides is 1. The maximum Gasteiger partial charge on any atom is 0.501 e. The lowest BCUT2D eigenvalue weighted by atomic mass is 10.2. The predicted molar refractivity (Wildman–Crippen MR) is 132 cm³/mol. The van der Waals surface area contributed by atoms with Gasteiger partial charge in [0, 0.05) is 12.7 Å². The zero-order chi connectivity index (χ0) is 28.4. The number of nitrogens with zero attached hydrogens (tertiary/aromatic N) is 3. The third-order valence-corrected chi connectivity index (χ3v) is 7.17. The van der Waals surface area contributed by atoms with Crippen molar-refractivity contribution in [3.8, 4) is 17.3 Å². The van der Waals surface area contributed by atoms with Gasteiger partial charge in [0.05, 0.1) is 30.4 Å². The molecule has 2 N–H and O–H groups in total. The zero-order valence-electron chi connectivity index (χ0n) is 20.2. The molecule has 0 saturated carbocycles. The first-order chi connectivity index (χ1) is 18.4. The molecule has 0 radical (unpaired) electrons. The van der Waals surface area contributed by atoms with Gasteiger partial charge in [-0.05, 0) is 59.7 Å². The lowest BCUT2D eigenvalue weighted by Crippen LogP contribution is -2.25. The Morgan fingerprint density at radius 1 is 1.05 bits per heavy atom. The van der Waals surface area contributed by atoms with Crippen LogP contribution in [0.25, 0.3) is 5.69 Å². The van der Waals surface area contributed by atoms with Gasteiger partial charge >= 0.3 is 11.2 Å². The first-order valence-corrected chi connectivity index (χ1v) is 12.7. The van der Waals surface area contributed by atoms with E-state index in [0.29, 0.717) is 23.4 Å². The van der Waals surface area contributed by atoms with E-state index in [0.717, 1.165) is 33.0 Å². The molecule has 2 aromatic heterocycles. The molecule has 1 amide bonds. The van der Waals surface area contributed by atoms with Gasteiger partial charge in [0.1, 0.15) is 11.4 Å². The number of aromatic hydroxyl groups is 1. The van der Waals surface area contributed by atoms with Crippen molar-refractivity contribution in [1.82, 2.24) is 19.4 Å². The van der Waals surface area contributed by atoms with Crippen molar-refractivity contribution in [2.75, 3.05) is 7.11 Å². The number of alkyl halides is 3. The number of aromatic nitrogens is 3. The summed E-state index contributed by atoms with van der Waals surface area (Å²) in [6.45, 7) is 0.176. The molecule has 0 fully saturated rings. The number of imidazole rings is 1. The number of pyridine rings is 1. The van der Waals surface area contributed by atoms with Gasteiger partial charge in [0.25, 0.3) is 15.7 Å². The molecule has 0 aliphatic heterocycles. The maximum atomic E-state index is 12.9. The molecule has 4 rings (SSSR count). The minimum absolute atomic E-state index is 0.0503. The van der Waals surface area contributed by atoms with Crippen LogP contribution in [0, 0.1) is 0 Å². The van der Waals surface area contributed by atoms with E-state index in [1.807, 2.05) is 0 Å². The summed E-state index contributed by atoms with van der Waals surface area (Å²) in [5, 5.41) is 13.1. The van der Waals surface area contributed by atoms with E-state index in [2.05, 4.69) is 10.3 Å². The van der Waals surface area contributed by atoms with Crippen LogP contribution in [-0.4, -0.2) is 46.2 Å². The number of hydrogen-bond donors (Lipinski definition) is 2. The van der Waals surface area contributed by atoms with Crippen LogP contribution in [0.3, 0.4) is 0 Å². The van der Waals surface area contributed by atoms with Crippen LogP contribution in [0.2, 0.25) is 0 Å². The highest BCUT2D eigenvalue weighted by Crippen LogP contribution is 2.30. The average molecular weight is 563 g/mol. The highest BCUT2D eigenvalue weighted by Gasteiger charge is 2.46. The minimum Gasteiger partial charge on any atom is -0.497 e. The van der Waals surface area contributed by atoms with Gasteiger partial charge in [-0.25, -0.2) is 17.8 Å². The quantitative estimate of drug-likeness (QED) is 0.337. The van der Waals surface area contributed by atoms with Crippen LogP contribution in [0.4, 0.5) is 13.2 Å². The van der Waals surface area contributed by atoms with Gasteiger partial charge in [-0.3, -0.25) is 14.3 Å². The van der Waals surface area contributed by atoms with Crippen molar-refractivity contribution in [2.24, 2.45) is 0 Å². The van der Waals surface area contributed by atoms with Crippen molar-refractivity contribution in [2.45, 2.75) is 23.5 Å². The van der Waals surface area contributed by atoms with Crippen LogP contribution >= 0.6 is 0 Å². The standard InChI is InChI=1S/C25H21F3N4O6S/c1-38-19-6-2-16(3-7-19)13-30-23(34)21-12-17(10-11-29-21)14-31-15-22(33)32(24(31)35)18-4-8-20(9-5-18)39(36,37)25(26,27)28/h2-12,15,33H,13-14H2,1H3,(H,30,34). The summed E-state index contributed by atoms with van der Waals surface area (Å²) >= 11 is 0. The Morgan fingerprint density at radius 2 is 1.72 bits per heavy atom. The molecular formula is C25H21F3N4O6S. The summed E-state index contributed by atoms with van der Waals surface area (Å²) < 4.78 is 68.5. The van der Waals surface area contributed by atoms with Crippen LogP contribution in [0.1, 0.15) is 21.6 Å². The summed E-state index contributed by atoms with van der Waals surface area (Å²) in [7, 11) is -4.02. The third-order valence-electron chi connectivity index (χ3n) is 5.67. The number of hydrogen-bond acceptors (Lipinski definition) is 7. The van der Waals surface area contributed by atoms with E-state index in [1.165, 1.54) is 12.3 Å². The second-order valence-electron chi connectivity index (χ2n) is 8.26. The zero-order valence-corrected chi connectivity index (χ0v) is 21.0. The highest BCUT2D eigenvalue weighted by atomic mass is 32.2. The molecule has 0 aliphatic rings. The van der Waals surface area contributed by atoms with E-state index >= 15 is 0 Å². The topological polar surface area (TPSA) is 133 Å². The second-order valence-corrected chi connectivity index (χ2v) is 10.2. The van der Waals surface area contributed by atoms with Gasteiger partial charge in [-0.15, -0.1) is 0 Å². The van der Waals surface area contributed by atoms with E-state index in [9.17, 15) is 36.3 Å². The Labute approximate surface area is 219 Å². The maximum absolute atomic E-state index is 12.9. The molecule has 4 aromatic rings. The number of benzene rings is 2. The van der Waals surface area contributed by atoms with Gasteiger partial charge in [-0.1, -0.05) is 12.1 Å². The van der Waals surface area contributed by atoms with Gasteiger partial charge in [0.2, 0.25) is 5.88 Å². The molecule has 39 heavy (non-hydrogen) atoms. The molecule has 2 aromatic carbocycles. The summed E-state index contributed by atoms with van der Waals surface area (Å²) in [5.74, 6) is -0.298. The van der Waals surface area contributed by atoms with Crippen molar-refractivity contribution in [3.63, 3.8) is 0 Å². The molecule has 14 heteroatoms. The second kappa shape index (κ2) is 10.6. The fourth-order valence-electron chi connectivity index (χ4n) is 3.65. The third kappa shape index (κ3) is 5.80. The van der Waals surface area contributed by atoms with Crippen LogP contribution in [-0.2, 0) is 22.9 Å². The monoisotopic (exact) mass is 562 g/mol. The Balaban J connectivity index is 1.50. The summed E-state index contributed by atoms with van der Waals surface area (Å²) in [6, 6.07) is 13.5. The molecule has 0 unspecified atom stereocenters. The van der Waals surface area contributed by atoms with E-state index in [-0.39, 0.29) is 24.5 Å². The molecule has 0 atom stereocenters. The van der Waals surface area contributed by atoms with Crippen molar-refractivity contribution in [3.05, 3.63) is 100 Å². The lowest BCUT2D eigenvalue weighted by Gasteiger charge is -2.09. The number of rotatable bonds is 8. The number of methoxy groups -OCH3 is 1. The number of carbonyl (C=O) groups is 1. The van der Waals surface area contributed by atoms with E-state index < -0.39 is 37.7 Å². The van der Waals surface area contributed by atoms with Crippen molar-refractivity contribution < 1.29 is 36.2 Å². The number of ether oxygens (including phenoxy) is 1. The Kier molecular flexibility index (Phi) is 7.49. The molecule has 2 heterocycles. The van der Waals surface area contributed by atoms with Crippen LogP contribution in [0.5, 0.6) is 11.6 Å². The van der Waals surface area contributed by atoms with E-state index in [4.69, 9.17) is 4.74 Å². The van der Waals surface area contributed by atoms with Crippen LogP contribution in [0.15, 0.2) is 82.7 Å². The lowest BCUT2D eigenvalue weighted by molar-refractivity contribution is -0.0436. The highest BCUT2D eigenvalue weighted by molar-refractivity contribution is 7.92. The Morgan fingerprint density at radius 3 is 2.33 bits per heavy atom. The minimum atomic E-state index is -5.56. The van der Waals surface area contributed by atoms with Crippen LogP contribution < -0.4 is 15.7 Å². The average Bonchev–Trinajstić information content (AvgIpc) is 3.19. The molecule has 0 bridgehead atoms. The molecule has 204 valence electrons. The van der Waals surface area contributed by atoms with Gasteiger partial charge in [0.15, 0.2) is 0 Å². The smallest absolute Gasteiger partial charge is 0.497 e. The summed E-state index contributed by atoms with van der Waals surface area (Å²) in [4.78, 5) is 28.6. The van der Waals surface area contributed by atoms with Gasteiger partial charge in [-0.2, -0.15) is 13.2 Å². The fourth-order valence-corrected chi connectivity index (χ4v) is 4.41. The first kappa shape index (κ1) is 27.4. The molecule has 10 nitrogen and oxygen atoms in total. The van der Waals surface area contributed by atoms with E-state index in [1.54, 1.807) is 37.4 Å². The first-order valence-electron chi connectivity index (χ1n) is 11.2. The predicted octanol–water partition coefficient (Wildman–Crippen LogP) is 3.02. The molecule has 0 saturated heterocycles. The number of carbonyl (C=O) groups excluding carboxylic acids is 1. The fraction of sp³-hybridized carbons (Fsp3) is 0.160. The summed E-state index contributed by atoms with van der Waals surface area (Å²) in [6.07, 6.45) is 2.49. The van der Waals surface area contributed by atoms with Gasteiger partial charge < -0.3 is 15.2 Å². The van der Waals surface area contributed by atoms with Crippen molar-refractivity contribution >= 4 is 15.7 Å². The molecular weight excluding hydrogens is 541 g/mol. The molecule has 0 spiro atoms. The Hall–Kier alpha value is -4.59. The normalized spacial score (nSPS) is 11.8. The summed E-state index contributed by atoms with van der Waals surface area (Å²) in [5.41, 5.74) is -4.84. The number of halogens is 3. The number of nitrogens with one attached hydrogen (secondary N) is 1. The largest absolute Gasteiger partial charge is 0.501 e.